The number of hydrogen-bond donors (Lipinski definition) is 1. The predicted octanol–water partition coefficient (Wildman–Crippen LogP) is 3.88. The zero-order valence-corrected chi connectivity index (χ0v) is 20.2. The molecule has 1 N–H and O–H groups in total. The number of carbonyl (C=O) groups is 1. The van der Waals surface area contributed by atoms with E-state index in [9.17, 15) is 9.90 Å². The summed E-state index contributed by atoms with van der Waals surface area (Å²) in [6.07, 6.45) is 2.92. The topological polar surface area (TPSA) is 109 Å². The van der Waals surface area contributed by atoms with Crippen LogP contribution in [0.25, 0.3) is 16.9 Å². The molecular weight excluding hydrogens is 456 g/mol. The molecule has 0 atom stereocenters. The molecular formula is C24H24N4O5S. The third-order valence-electron chi connectivity index (χ3n) is 5.16. The van der Waals surface area contributed by atoms with E-state index in [1.807, 2.05) is 17.5 Å². The van der Waals surface area contributed by atoms with Crippen LogP contribution < -0.4 is 14.2 Å². The maximum atomic E-state index is 13.6. The Morgan fingerprint density at radius 1 is 1.06 bits per heavy atom. The summed E-state index contributed by atoms with van der Waals surface area (Å²) in [7, 11) is 4.50. The molecule has 0 bridgehead atoms. The molecule has 2 aromatic carbocycles. The first kappa shape index (κ1) is 23.4. The maximum Gasteiger partial charge on any atom is 0.203 e. The molecule has 0 saturated carbocycles. The lowest BCUT2D eigenvalue weighted by molar-refractivity contribution is 0.0783. The van der Waals surface area contributed by atoms with Crippen LogP contribution >= 0.6 is 11.3 Å². The fraction of sp³-hybridized carbons (Fsp3) is 0.250. The summed E-state index contributed by atoms with van der Waals surface area (Å²) >= 11 is 1.37. The smallest absolute Gasteiger partial charge is 0.203 e. The van der Waals surface area contributed by atoms with Crippen molar-refractivity contribution in [2.45, 2.75) is 19.4 Å². The lowest BCUT2D eigenvalue weighted by atomic mass is 9.98. The minimum Gasteiger partial charge on any atom is -0.493 e. The summed E-state index contributed by atoms with van der Waals surface area (Å²) in [5.41, 5.74) is 1.73. The van der Waals surface area contributed by atoms with E-state index in [4.69, 9.17) is 14.2 Å². The Morgan fingerprint density at radius 3 is 2.29 bits per heavy atom. The summed E-state index contributed by atoms with van der Waals surface area (Å²) < 4.78 is 17.7. The summed E-state index contributed by atoms with van der Waals surface area (Å²) in [4.78, 5) is 22.2. The quantitative estimate of drug-likeness (QED) is 0.379. The molecule has 0 aliphatic carbocycles. The van der Waals surface area contributed by atoms with Crippen molar-refractivity contribution in [3.05, 3.63) is 64.5 Å². The van der Waals surface area contributed by atoms with Crippen molar-refractivity contribution in [1.29, 1.82) is 0 Å². The standard InChI is InChI=1S/C24H24N4O5S/c1-24(2,30)23-27-17(11-34-23)14-6-7-16(18(8-14)28-13-25-12-26-28)21(29)15-9-19(31-3)22(33-5)20(10-15)32-4/h6-13,30H,1-5H3. The summed E-state index contributed by atoms with van der Waals surface area (Å²) in [5.74, 6) is 0.905. The molecule has 10 heteroatoms. The van der Waals surface area contributed by atoms with Crippen molar-refractivity contribution in [1.82, 2.24) is 19.7 Å². The molecule has 2 heterocycles. The number of methoxy groups -OCH3 is 3. The molecule has 0 spiro atoms. The van der Waals surface area contributed by atoms with Gasteiger partial charge < -0.3 is 19.3 Å². The van der Waals surface area contributed by atoms with Crippen molar-refractivity contribution in [2.24, 2.45) is 0 Å². The van der Waals surface area contributed by atoms with Gasteiger partial charge in [0.1, 0.15) is 23.3 Å². The number of nitrogens with zero attached hydrogens (tertiary/aromatic N) is 4. The molecule has 9 nitrogen and oxygen atoms in total. The van der Waals surface area contributed by atoms with Crippen LogP contribution in [0.1, 0.15) is 34.8 Å². The lowest BCUT2D eigenvalue weighted by Crippen LogP contribution is -2.14. The Hall–Kier alpha value is -3.76. The fourth-order valence-electron chi connectivity index (χ4n) is 3.46. The van der Waals surface area contributed by atoms with Crippen LogP contribution in [0.5, 0.6) is 17.2 Å². The second-order valence-electron chi connectivity index (χ2n) is 7.91. The van der Waals surface area contributed by atoms with Crippen LogP contribution in [0.15, 0.2) is 48.4 Å². The number of carbonyl (C=O) groups excluding carboxylic acids is 1. The largest absolute Gasteiger partial charge is 0.493 e. The number of ketones is 1. The second-order valence-corrected chi connectivity index (χ2v) is 8.77. The van der Waals surface area contributed by atoms with Gasteiger partial charge >= 0.3 is 0 Å². The van der Waals surface area contributed by atoms with E-state index in [0.717, 1.165) is 5.56 Å². The molecule has 34 heavy (non-hydrogen) atoms. The molecule has 0 unspecified atom stereocenters. The minimum absolute atomic E-state index is 0.258. The average Bonchev–Trinajstić information content (AvgIpc) is 3.54. The van der Waals surface area contributed by atoms with E-state index < -0.39 is 5.60 Å². The van der Waals surface area contributed by atoms with Crippen LogP contribution in [0, 0.1) is 0 Å². The number of benzene rings is 2. The Morgan fingerprint density at radius 2 is 1.76 bits per heavy atom. The van der Waals surface area contributed by atoms with Gasteiger partial charge in [-0.3, -0.25) is 4.79 Å². The summed E-state index contributed by atoms with van der Waals surface area (Å²) in [6.45, 7) is 3.38. The number of aliphatic hydroxyl groups is 1. The van der Waals surface area contributed by atoms with Gasteiger partial charge in [-0.15, -0.1) is 11.3 Å². The van der Waals surface area contributed by atoms with Gasteiger partial charge in [-0.05, 0) is 38.1 Å². The molecule has 0 saturated heterocycles. The van der Waals surface area contributed by atoms with E-state index in [-0.39, 0.29) is 5.78 Å². The van der Waals surface area contributed by atoms with Gasteiger partial charge in [-0.25, -0.2) is 14.6 Å². The van der Waals surface area contributed by atoms with E-state index in [2.05, 4.69) is 15.1 Å². The molecule has 0 radical (unpaired) electrons. The van der Waals surface area contributed by atoms with Gasteiger partial charge in [0.15, 0.2) is 17.3 Å². The first-order chi connectivity index (χ1) is 16.3. The van der Waals surface area contributed by atoms with Gasteiger partial charge in [0.05, 0.1) is 32.7 Å². The van der Waals surface area contributed by atoms with Gasteiger partial charge in [0, 0.05) is 22.1 Å². The van der Waals surface area contributed by atoms with Crippen molar-refractivity contribution >= 4 is 17.1 Å². The summed E-state index contributed by atoms with van der Waals surface area (Å²) in [5, 5.41) is 17.0. The highest BCUT2D eigenvalue weighted by Gasteiger charge is 2.23. The molecule has 0 aliphatic heterocycles. The van der Waals surface area contributed by atoms with E-state index in [1.54, 1.807) is 32.0 Å². The fourth-order valence-corrected chi connectivity index (χ4v) is 4.31. The molecule has 0 aliphatic rings. The molecule has 2 aromatic heterocycles. The number of rotatable bonds is 8. The van der Waals surface area contributed by atoms with Crippen LogP contribution in [0.4, 0.5) is 0 Å². The van der Waals surface area contributed by atoms with Crippen LogP contribution in [0.2, 0.25) is 0 Å². The Balaban J connectivity index is 1.83. The zero-order chi connectivity index (χ0) is 24.5. The minimum atomic E-state index is -1.04. The van der Waals surface area contributed by atoms with Crippen molar-refractivity contribution in [2.75, 3.05) is 21.3 Å². The SMILES string of the molecule is COc1cc(C(=O)c2ccc(-c3csc(C(C)(C)O)n3)cc2-n2cncn2)cc(OC)c1OC. The highest BCUT2D eigenvalue weighted by atomic mass is 32.1. The zero-order valence-electron chi connectivity index (χ0n) is 19.4. The first-order valence-electron chi connectivity index (χ1n) is 10.3. The van der Waals surface area contributed by atoms with Gasteiger partial charge in [-0.1, -0.05) is 6.07 Å². The van der Waals surface area contributed by atoms with E-state index in [0.29, 0.717) is 44.8 Å². The monoisotopic (exact) mass is 480 g/mol. The number of hydrogen-bond acceptors (Lipinski definition) is 9. The highest BCUT2D eigenvalue weighted by molar-refractivity contribution is 7.10. The molecule has 0 fully saturated rings. The molecule has 4 aromatic rings. The van der Waals surface area contributed by atoms with E-state index >= 15 is 0 Å². The first-order valence-corrected chi connectivity index (χ1v) is 11.2. The lowest BCUT2D eigenvalue weighted by Gasteiger charge is -2.15. The molecule has 4 rings (SSSR count). The third-order valence-corrected chi connectivity index (χ3v) is 6.31. The van der Waals surface area contributed by atoms with Crippen LogP contribution in [-0.2, 0) is 5.60 Å². The highest BCUT2D eigenvalue weighted by Crippen LogP contribution is 2.39. The molecule has 176 valence electrons. The van der Waals surface area contributed by atoms with Crippen molar-refractivity contribution < 1.29 is 24.1 Å². The van der Waals surface area contributed by atoms with Gasteiger partial charge in [0.2, 0.25) is 5.75 Å². The number of ether oxygens (including phenoxy) is 3. The maximum absolute atomic E-state index is 13.6. The van der Waals surface area contributed by atoms with E-state index in [1.165, 1.54) is 50.0 Å². The molecule has 0 amide bonds. The Bertz CT molecular complexity index is 1300. The summed E-state index contributed by atoms with van der Waals surface area (Å²) in [6, 6.07) is 8.58. The Labute approximate surface area is 200 Å². The number of aromatic nitrogens is 4. The second kappa shape index (κ2) is 9.24. The average molecular weight is 481 g/mol. The van der Waals surface area contributed by atoms with Gasteiger partial charge in [0.25, 0.3) is 0 Å². The van der Waals surface area contributed by atoms with Crippen molar-refractivity contribution in [3.63, 3.8) is 0 Å². The van der Waals surface area contributed by atoms with Gasteiger partial charge in [-0.2, -0.15) is 5.10 Å². The number of thiazole rings is 1. The normalized spacial score (nSPS) is 11.4. The van der Waals surface area contributed by atoms with Crippen molar-refractivity contribution in [3.8, 4) is 34.2 Å². The Kier molecular flexibility index (Phi) is 6.36. The van der Waals surface area contributed by atoms with Crippen LogP contribution in [0.3, 0.4) is 0 Å². The third kappa shape index (κ3) is 4.37. The predicted molar refractivity (Wildman–Crippen MR) is 127 cm³/mol. The van der Waals surface area contributed by atoms with Crippen LogP contribution in [-0.4, -0.2) is 52.0 Å².